The van der Waals surface area contributed by atoms with Gasteiger partial charge in [-0.05, 0) is 6.92 Å². The fraction of sp³-hybridized carbons (Fsp3) is 0.545. The summed E-state index contributed by atoms with van der Waals surface area (Å²) in [6.07, 6.45) is 1.84. The third-order valence-electron chi connectivity index (χ3n) is 2.41. The highest BCUT2D eigenvalue weighted by atomic mass is 15.3. The minimum absolute atomic E-state index is 0.0228. The van der Waals surface area contributed by atoms with Crippen LogP contribution in [0.1, 0.15) is 32.3 Å². The molecule has 2 heterocycles. The molecule has 2 aromatic heterocycles. The summed E-state index contributed by atoms with van der Waals surface area (Å²) in [6, 6.07) is 0. The van der Waals surface area contributed by atoms with E-state index in [0.717, 1.165) is 22.6 Å². The summed E-state index contributed by atoms with van der Waals surface area (Å²) in [7, 11) is 1.90. The van der Waals surface area contributed by atoms with Crippen molar-refractivity contribution in [1.82, 2.24) is 19.7 Å². The molecule has 0 spiro atoms. The average Bonchev–Trinajstić information content (AvgIpc) is 2.45. The summed E-state index contributed by atoms with van der Waals surface area (Å²) >= 11 is 0. The van der Waals surface area contributed by atoms with Gasteiger partial charge in [0.15, 0.2) is 5.65 Å². The topological polar surface area (TPSA) is 43.6 Å². The molecule has 15 heavy (non-hydrogen) atoms. The minimum Gasteiger partial charge on any atom is -0.250 e. The summed E-state index contributed by atoms with van der Waals surface area (Å²) in [4.78, 5) is 8.92. The molecular formula is C11H16N4. The summed E-state index contributed by atoms with van der Waals surface area (Å²) in [5.74, 6) is 0.802. The third-order valence-corrected chi connectivity index (χ3v) is 2.41. The van der Waals surface area contributed by atoms with Crippen LogP contribution in [0.5, 0.6) is 0 Å². The van der Waals surface area contributed by atoms with Gasteiger partial charge in [-0.3, -0.25) is 4.68 Å². The first kappa shape index (κ1) is 10.1. The molecule has 4 heteroatoms. The van der Waals surface area contributed by atoms with Crippen molar-refractivity contribution in [2.24, 2.45) is 7.05 Å². The summed E-state index contributed by atoms with van der Waals surface area (Å²) < 4.78 is 1.79. The molecule has 0 aromatic carbocycles. The van der Waals surface area contributed by atoms with Crippen LogP contribution in [0, 0.1) is 6.92 Å². The van der Waals surface area contributed by atoms with Crippen molar-refractivity contribution in [2.75, 3.05) is 0 Å². The number of rotatable bonds is 0. The first-order chi connectivity index (χ1) is 6.89. The lowest BCUT2D eigenvalue weighted by molar-refractivity contribution is 0.571. The molecule has 0 amide bonds. The quantitative estimate of drug-likeness (QED) is 0.659. The number of fused-ring (bicyclic) bond motifs is 1. The molecule has 2 rings (SSSR count). The molecule has 0 radical (unpaired) electrons. The van der Waals surface area contributed by atoms with Gasteiger partial charge in [0.1, 0.15) is 5.82 Å². The van der Waals surface area contributed by atoms with E-state index in [1.807, 2.05) is 20.2 Å². The zero-order valence-electron chi connectivity index (χ0n) is 9.87. The van der Waals surface area contributed by atoms with Gasteiger partial charge >= 0.3 is 0 Å². The highest BCUT2D eigenvalue weighted by Gasteiger charge is 2.21. The largest absolute Gasteiger partial charge is 0.250 e. The van der Waals surface area contributed by atoms with Gasteiger partial charge in [0.2, 0.25) is 0 Å². The van der Waals surface area contributed by atoms with Crippen LogP contribution in [0.15, 0.2) is 6.20 Å². The van der Waals surface area contributed by atoms with Gasteiger partial charge in [-0.25, -0.2) is 9.97 Å². The van der Waals surface area contributed by atoms with Crippen LogP contribution in [0.25, 0.3) is 11.0 Å². The second-order valence-electron chi connectivity index (χ2n) is 4.87. The van der Waals surface area contributed by atoms with Crippen molar-refractivity contribution in [3.8, 4) is 0 Å². The molecule has 0 bridgehead atoms. The minimum atomic E-state index is 0.0228. The summed E-state index contributed by atoms with van der Waals surface area (Å²) in [5, 5.41) is 5.28. The van der Waals surface area contributed by atoms with Crippen LogP contribution in [-0.2, 0) is 12.5 Å². The number of aryl methyl sites for hydroxylation is 2. The predicted octanol–water partition coefficient (Wildman–Crippen LogP) is 1.97. The van der Waals surface area contributed by atoms with Crippen LogP contribution in [-0.4, -0.2) is 19.7 Å². The highest BCUT2D eigenvalue weighted by Crippen LogP contribution is 2.26. The Morgan fingerprint density at radius 1 is 1.20 bits per heavy atom. The summed E-state index contributed by atoms with van der Waals surface area (Å²) in [5.41, 5.74) is 2.00. The molecule has 0 N–H and O–H groups in total. The molecule has 2 aromatic rings. The number of aromatic nitrogens is 4. The van der Waals surface area contributed by atoms with Crippen molar-refractivity contribution in [3.63, 3.8) is 0 Å². The molecule has 0 atom stereocenters. The maximum absolute atomic E-state index is 4.52. The van der Waals surface area contributed by atoms with E-state index in [-0.39, 0.29) is 5.41 Å². The maximum atomic E-state index is 4.52. The molecule has 0 saturated heterocycles. The smallest absolute Gasteiger partial charge is 0.161 e. The van der Waals surface area contributed by atoms with Gasteiger partial charge in [0.25, 0.3) is 0 Å². The Hall–Kier alpha value is -1.45. The lowest BCUT2D eigenvalue weighted by Crippen LogP contribution is -2.15. The molecule has 80 valence electrons. The zero-order valence-corrected chi connectivity index (χ0v) is 9.87. The van der Waals surface area contributed by atoms with E-state index in [2.05, 4.69) is 35.8 Å². The molecule has 0 saturated carbocycles. The van der Waals surface area contributed by atoms with Gasteiger partial charge in [0, 0.05) is 12.5 Å². The first-order valence-corrected chi connectivity index (χ1v) is 5.06. The van der Waals surface area contributed by atoms with Crippen molar-refractivity contribution in [3.05, 3.63) is 17.7 Å². The van der Waals surface area contributed by atoms with Crippen LogP contribution in [0.4, 0.5) is 0 Å². The van der Waals surface area contributed by atoms with Gasteiger partial charge < -0.3 is 0 Å². The molecule has 4 nitrogen and oxygen atoms in total. The lowest BCUT2D eigenvalue weighted by Gasteiger charge is -2.18. The SMILES string of the molecule is Cc1nc(C(C)(C)C)c2cnn(C)c2n1. The Kier molecular flexibility index (Phi) is 2.03. The Bertz CT molecular complexity index is 505. The van der Waals surface area contributed by atoms with E-state index in [9.17, 15) is 0 Å². The molecule has 0 aliphatic heterocycles. The Morgan fingerprint density at radius 3 is 2.47 bits per heavy atom. The normalized spacial score (nSPS) is 12.3. The molecule has 0 fully saturated rings. The van der Waals surface area contributed by atoms with Gasteiger partial charge in [-0.15, -0.1) is 0 Å². The Labute approximate surface area is 89.3 Å². The van der Waals surface area contributed by atoms with Gasteiger partial charge in [-0.1, -0.05) is 20.8 Å². The number of hydrogen-bond donors (Lipinski definition) is 0. The van der Waals surface area contributed by atoms with E-state index in [0.29, 0.717) is 0 Å². The average molecular weight is 204 g/mol. The monoisotopic (exact) mass is 204 g/mol. The van der Waals surface area contributed by atoms with Crippen LogP contribution in [0.2, 0.25) is 0 Å². The van der Waals surface area contributed by atoms with Gasteiger partial charge in [-0.2, -0.15) is 5.10 Å². The van der Waals surface area contributed by atoms with E-state index in [4.69, 9.17) is 0 Å². The zero-order chi connectivity index (χ0) is 11.2. The van der Waals surface area contributed by atoms with Crippen molar-refractivity contribution >= 4 is 11.0 Å². The van der Waals surface area contributed by atoms with Crippen molar-refractivity contribution < 1.29 is 0 Å². The van der Waals surface area contributed by atoms with Crippen LogP contribution >= 0.6 is 0 Å². The van der Waals surface area contributed by atoms with Crippen molar-refractivity contribution in [2.45, 2.75) is 33.1 Å². The van der Waals surface area contributed by atoms with E-state index < -0.39 is 0 Å². The lowest BCUT2D eigenvalue weighted by atomic mass is 9.90. The van der Waals surface area contributed by atoms with E-state index in [1.165, 1.54) is 0 Å². The Morgan fingerprint density at radius 2 is 1.87 bits per heavy atom. The van der Waals surface area contributed by atoms with Crippen LogP contribution in [0.3, 0.4) is 0 Å². The first-order valence-electron chi connectivity index (χ1n) is 5.06. The second kappa shape index (κ2) is 3.02. The maximum Gasteiger partial charge on any atom is 0.161 e. The number of hydrogen-bond acceptors (Lipinski definition) is 3. The van der Waals surface area contributed by atoms with E-state index in [1.54, 1.807) is 4.68 Å². The standard InChI is InChI=1S/C11H16N4/c1-7-13-9(11(2,3)4)8-6-12-15(5)10(8)14-7/h6H,1-5H3. The fourth-order valence-electron chi connectivity index (χ4n) is 1.70. The van der Waals surface area contributed by atoms with Gasteiger partial charge in [0.05, 0.1) is 17.3 Å². The predicted molar refractivity (Wildman–Crippen MR) is 59.7 cm³/mol. The van der Waals surface area contributed by atoms with E-state index >= 15 is 0 Å². The second-order valence-corrected chi connectivity index (χ2v) is 4.87. The summed E-state index contributed by atoms with van der Waals surface area (Å²) in [6.45, 7) is 8.38. The van der Waals surface area contributed by atoms with Crippen molar-refractivity contribution in [1.29, 1.82) is 0 Å². The molecule has 0 aliphatic carbocycles. The Balaban J connectivity index is 2.84. The number of nitrogens with zero attached hydrogens (tertiary/aromatic N) is 4. The highest BCUT2D eigenvalue weighted by molar-refractivity contribution is 5.78. The van der Waals surface area contributed by atoms with Crippen LogP contribution < -0.4 is 0 Å². The molecule has 0 aliphatic rings. The fourth-order valence-corrected chi connectivity index (χ4v) is 1.70. The molecular weight excluding hydrogens is 188 g/mol. The third kappa shape index (κ3) is 1.60. The molecule has 0 unspecified atom stereocenters.